The van der Waals surface area contributed by atoms with Crippen LogP contribution in [0.2, 0.25) is 10.0 Å². The molecule has 1 saturated heterocycles. The molecule has 1 aliphatic heterocycles. The van der Waals surface area contributed by atoms with E-state index in [0.29, 0.717) is 23.3 Å². The van der Waals surface area contributed by atoms with Gasteiger partial charge in [-0.05, 0) is 42.8 Å². The van der Waals surface area contributed by atoms with Crippen LogP contribution in [0.3, 0.4) is 0 Å². The number of hydrogen-bond donors (Lipinski definition) is 2. The second-order valence-electron chi connectivity index (χ2n) is 7.26. The molecule has 0 spiro atoms. The number of piperazine rings is 1. The average Bonchev–Trinajstić information content (AvgIpc) is 2.71. The Balaban J connectivity index is 1.41. The smallest absolute Gasteiger partial charge is 0.232 e. The average molecular weight is 444 g/mol. The number of aryl methyl sites for hydroxylation is 1. The Labute approximate surface area is 185 Å². The van der Waals surface area contributed by atoms with Crippen LogP contribution in [0.25, 0.3) is 0 Å². The first-order chi connectivity index (χ1) is 14.5. The van der Waals surface area contributed by atoms with E-state index in [9.17, 15) is 0 Å². The largest absolute Gasteiger partial charge is 0.369 e. The maximum absolute atomic E-state index is 6.12. The third-order valence-electron chi connectivity index (χ3n) is 5.06. The minimum atomic E-state index is 0.194. The molecule has 2 aromatic carbocycles. The summed E-state index contributed by atoms with van der Waals surface area (Å²) in [6, 6.07) is 13.6. The summed E-state index contributed by atoms with van der Waals surface area (Å²) in [6.45, 7) is 6.22. The van der Waals surface area contributed by atoms with Crippen LogP contribution in [0.1, 0.15) is 11.4 Å². The van der Waals surface area contributed by atoms with Crippen LogP contribution < -0.4 is 16.0 Å². The lowest BCUT2D eigenvalue weighted by atomic mass is 10.2. The topological polar surface area (TPSA) is 83.2 Å². The third-order valence-corrected chi connectivity index (χ3v) is 5.53. The second-order valence-corrected chi connectivity index (χ2v) is 8.13. The Morgan fingerprint density at radius 1 is 0.967 bits per heavy atom. The van der Waals surface area contributed by atoms with Gasteiger partial charge in [0.15, 0.2) is 0 Å². The lowest BCUT2D eigenvalue weighted by molar-refractivity contribution is 0.244. The van der Waals surface area contributed by atoms with Gasteiger partial charge in [-0.15, -0.1) is 0 Å². The van der Waals surface area contributed by atoms with Gasteiger partial charge in [-0.3, -0.25) is 4.90 Å². The van der Waals surface area contributed by atoms with Gasteiger partial charge in [0.05, 0.1) is 6.54 Å². The Bertz CT molecular complexity index is 1040. The monoisotopic (exact) mass is 443 g/mol. The molecule has 0 saturated carbocycles. The molecule has 0 unspecified atom stereocenters. The van der Waals surface area contributed by atoms with Crippen LogP contribution in [0.5, 0.6) is 0 Å². The van der Waals surface area contributed by atoms with Crippen LogP contribution in [-0.2, 0) is 6.54 Å². The fraction of sp³-hybridized carbons (Fsp3) is 0.286. The zero-order valence-corrected chi connectivity index (χ0v) is 18.2. The van der Waals surface area contributed by atoms with Crippen molar-refractivity contribution in [1.82, 2.24) is 19.9 Å². The standard InChI is InChI=1S/C21H23Cl2N7/c1-14-5-6-16(23)12-18(14)25-21-27-19(26-20(24)28-21)13-29-7-9-30(10-8-29)17-4-2-3-15(22)11-17/h2-6,11-12H,7-10,13H2,1H3,(H3,24,25,26,27,28). The summed E-state index contributed by atoms with van der Waals surface area (Å²) in [5.74, 6) is 1.25. The molecule has 0 aliphatic carbocycles. The SMILES string of the molecule is Cc1ccc(Cl)cc1Nc1nc(N)nc(CN2CCN(c3cccc(Cl)c3)CC2)n1. The first-order valence-corrected chi connectivity index (χ1v) is 10.5. The molecule has 0 atom stereocenters. The molecule has 156 valence electrons. The molecule has 9 heteroatoms. The van der Waals surface area contributed by atoms with Gasteiger partial charge in [-0.1, -0.05) is 35.3 Å². The first-order valence-electron chi connectivity index (χ1n) is 9.73. The van der Waals surface area contributed by atoms with Crippen molar-refractivity contribution in [1.29, 1.82) is 0 Å². The summed E-state index contributed by atoms with van der Waals surface area (Å²) in [7, 11) is 0. The normalized spacial score (nSPS) is 14.7. The molecule has 4 rings (SSSR count). The first kappa shape index (κ1) is 20.7. The number of anilines is 4. The van der Waals surface area contributed by atoms with E-state index in [1.54, 1.807) is 0 Å². The molecule has 1 fully saturated rings. The fourth-order valence-corrected chi connectivity index (χ4v) is 3.81. The Hall–Kier alpha value is -2.61. The van der Waals surface area contributed by atoms with Crippen LogP contribution in [-0.4, -0.2) is 46.0 Å². The molecule has 3 aromatic rings. The van der Waals surface area contributed by atoms with Crippen molar-refractivity contribution >= 4 is 46.5 Å². The van der Waals surface area contributed by atoms with Gasteiger partial charge in [0, 0.05) is 47.6 Å². The van der Waals surface area contributed by atoms with Crippen molar-refractivity contribution in [2.45, 2.75) is 13.5 Å². The Morgan fingerprint density at radius 3 is 2.50 bits per heavy atom. The van der Waals surface area contributed by atoms with Crippen molar-refractivity contribution in [3.63, 3.8) is 0 Å². The predicted octanol–water partition coefficient (Wildman–Crippen LogP) is 4.13. The number of aromatic nitrogens is 3. The maximum atomic E-state index is 6.12. The van der Waals surface area contributed by atoms with Gasteiger partial charge in [0.25, 0.3) is 0 Å². The molecule has 0 radical (unpaired) electrons. The quantitative estimate of drug-likeness (QED) is 0.612. The van der Waals surface area contributed by atoms with E-state index in [1.165, 1.54) is 0 Å². The van der Waals surface area contributed by atoms with Gasteiger partial charge in [0.1, 0.15) is 5.82 Å². The lowest BCUT2D eigenvalue weighted by Crippen LogP contribution is -2.46. The molecule has 1 aliphatic rings. The lowest BCUT2D eigenvalue weighted by Gasteiger charge is -2.35. The highest BCUT2D eigenvalue weighted by Crippen LogP contribution is 2.24. The van der Waals surface area contributed by atoms with E-state index in [0.717, 1.165) is 48.1 Å². The van der Waals surface area contributed by atoms with Crippen LogP contribution in [0.4, 0.5) is 23.3 Å². The number of rotatable bonds is 5. The molecular weight excluding hydrogens is 421 g/mol. The van der Waals surface area contributed by atoms with Crippen molar-refractivity contribution in [3.8, 4) is 0 Å². The molecule has 3 N–H and O–H groups in total. The van der Waals surface area contributed by atoms with E-state index in [4.69, 9.17) is 28.9 Å². The second kappa shape index (κ2) is 9.04. The van der Waals surface area contributed by atoms with E-state index < -0.39 is 0 Å². The van der Waals surface area contributed by atoms with Gasteiger partial charge in [-0.2, -0.15) is 15.0 Å². The molecule has 30 heavy (non-hydrogen) atoms. The van der Waals surface area contributed by atoms with Gasteiger partial charge < -0.3 is 16.0 Å². The van der Waals surface area contributed by atoms with E-state index >= 15 is 0 Å². The summed E-state index contributed by atoms with van der Waals surface area (Å²) in [4.78, 5) is 17.7. The number of nitrogens with zero attached hydrogens (tertiary/aromatic N) is 5. The summed E-state index contributed by atoms with van der Waals surface area (Å²) < 4.78 is 0. The highest BCUT2D eigenvalue weighted by Gasteiger charge is 2.19. The highest BCUT2D eigenvalue weighted by atomic mass is 35.5. The number of benzene rings is 2. The fourth-order valence-electron chi connectivity index (χ4n) is 3.45. The minimum absolute atomic E-state index is 0.194. The van der Waals surface area contributed by atoms with Crippen LogP contribution in [0.15, 0.2) is 42.5 Å². The molecule has 7 nitrogen and oxygen atoms in total. The van der Waals surface area contributed by atoms with Crippen LogP contribution in [0, 0.1) is 6.92 Å². The summed E-state index contributed by atoms with van der Waals surface area (Å²) in [5, 5.41) is 4.60. The Kier molecular flexibility index (Phi) is 6.22. The highest BCUT2D eigenvalue weighted by molar-refractivity contribution is 6.31. The van der Waals surface area contributed by atoms with Crippen molar-refractivity contribution < 1.29 is 0 Å². The molecule has 2 heterocycles. The maximum Gasteiger partial charge on any atom is 0.232 e. The van der Waals surface area contributed by atoms with E-state index in [-0.39, 0.29) is 5.95 Å². The van der Waals surface area contributed by atoms with Gasteiger partial charge >= 0.3 is 0 Å². The number of hydrogen-bond acceptors (Lipinski definition) is 7. The van der Waals surface area contributed by atoms with Gasteiger partial charge in [-0.25, -0.2) is 0 Å². The molecule has 1 aromatic heterocycles. The zero-order valence-electron chi connectivity index (χ0n) is 16.6. The zero-order chi connectivity index (χ0) is 21.1. The van der Waals surface area contributed by atoms with E-state index in [1.807, 2.05) is 43.3 Å². The number of nitrogens with two attached hydrogens (primary N) is 1. The van der Waals surface area contributed by atoms with Gasteiger partial charge in [0.2, 0.25) is 11.9 Å². The molecule has 0 amide bonds. The molecule has 0 bridgehead atoms. The summed E-state index contributed by atoms with van der Waals surface area (Å²) in [5.41, 5.74) is 8.96. The number of nitrogens with one attached hydrogen (secondary N) is 1. The summed E-state index contributed by atoms with van der Waals surface area (Å²) in [6.07, 6.45) is 0. The minimum Gasteiger partial charge on any atom is -0.369 e. The molecular formula is C21H23Cl2N7. The third kappa shape index (κ3) is 5.11. The van der Waals surface area contributed by atoms with Crippen molar-refractivity contribution in [3.05, 3.63) is 63.9 Å². The number of nitrogen functional groups attached to an aromatic ring is 1. The van der Waals surface area contributed by atoms with E-state index in [2.05, 4.69) is 36.1 Å². The Morgan fingerprint density at radius 2 is 1.73 bits per heavy atom. The van der Waals surface area contributed by atoms with Crippen molar-refractivity contribution in [2.75, 3.05) is 42.1 Å². The van der Waals surface area contributed by atoms with Crippen molar-refractivity contribution in [2.24, 2.45) is 0 Å². The summed E-state index contributed by atoms with van der Waals surface area (Å²) >= 11 is 12.2. The van der Waals surface area contributed by atoms with Crippen LogP contribution >= 0.6 is 23.2 Å². The predicted molar refractivity (Wildman–Crippen MR) is 123 cm³/mol. The number of halogens is 2.